The van der Waals surface area contributed by atoms with Gasteiger partial charge in [0.05, 0.1) is 23.2 Å². The highest BCUT2D eigenvalue weighted by atomic mass is 32.2. The zero-order valence-corrected chi connectivity index (χ0v) is 12.9. The summed E-state index contributed by atoms with van der Waals surface area (Å²) in [4.78, 5) is 0. The summed E-state index contributed by atoms with van der Waals surface area (Å²) in [5, 5.41) is 16.5. The molecule has 0 aliphatic carbocycles. The number of rotatable bonds is 6. The van der Waals surface area contributed by atoms with E-state index in [4.69, 9.17) is 5.11 Å². The standard InChI is InChI=1S/C13H23N3O3S/c1-10-13(8-14-5-3-6-17)11(2)16(15-10)12-4-7-20(18,19)9-12/h12,14,17H,3-9H2,1-2H3. The molecular formula is C13H23N3O3S. The highest BCUT2D eigenvalue weighted by Crippen LogP contribution is 2.26. The molecule has 2 rings (SSSR count). The van der Waals surface area contributed by atoms with E-state index in [1.54, 1.807) is 0 Å². The van der Waals surface area contributed by atoms with Crippen molar-refractivity contribution in [2.75, 3.05) is 24.7 Å². The summed E-state index contributed by atoms with van der Waals surface area (Å²) in [6.07, 6.45) is 1.38. The van der Waals surface area contributed by atoms with Crippen molar-refractivity contribution in [2.45, 2.75) is 39.3 Å². The van der Waals surface area contributed by atoms with Gasteiger partial charge in [-0.05, 0) is 33.2 Å². The van der Waals surface area contributed by atoms with Crippen molar-refractivity contribution in [3.63, 3.8) is 0 Å². The minimum absolute atomic E-state index is 0.0232. The largest absolute Gasteiger partial charge is 0.396 e. The Morgan fingerprint density at radius 3 is 2.80 bits per heavy atom. The summed E-state index contributed by atoms with van der Waals surface area (Å²) >= 11 is 0. The van der Waals surface area contributed by atoms with Gasteiger partial charge in [0.2, 0.25) is 0 Å². The maximum Gasteiger partial charge on any atom is 0.152 e. The third-order valence-electron chi connectivity index (χ3n) is 3.84. The van der Waals surface area contributed by atoms with Crippen LogP contribution in [-0.4, -0.2) is 48.0 Å². The van der Waals surface area contributed by atoms with Crippen LogP contribution in [0.5, 0.6) is 0 Å². The third-order valence-corrected chi connectivity index (χ3v) is 5.59. The lowest BCUT2D eigenvalue weighted by atomic mass is 10.2. The number of nitrogens with one attached hydrogen (secondary N) is 1. The molecule has 0 spiro atoms. The van der Waals surface area contributed by atoms with E-state index >= 15 is 0 Å². The molecule has 1 fully saturated rings. The lowest BCUT2D eigenvalue weighted by Crippen LogP contribution is -2.17. The fourth-order valence-electron chi connectivity index (χ4n) is 2.69. The first-order chi connectivity index (χ1) is 9.44. The molecule has 0 amide bonds. The molecule has 1 saturated heterocycles. The average molecular weight is 301 g/mol. The number of hydrogen-bond donors (Lipinski definition) is 2. The summed E-state index contributed by atoms with van der Waals surface area (Å²) in [5.74, 6) is 0.465. The Kier molecular flexibility index (Phi) is 4.82. The van der Waals surface area contributed by atoms with E-state index in [2.05, 4.69) is 10.4 Å². The number of aliphatic hydroxyl groups is 1. The molecular weight excluding hydrogens is 278 g/mol. The Morgan fingerprint density at radius 2 is 2.20 bits per heavy atom. The topological polar surface area (TPSA) is 84.2 Å². The van der Waals surface area contributed by atoms with Crippen LogP contribution in [0.25, 0.3) is 0 Å². The molecule has 1 aliphatic heterocycles. The van der Waals surface area contributed by atoms with Gasteiger partial charge in [0.1, 0.15) is 0 Å². The van der Waals surface area contributed by atoms with Crippen LogP contribution in [0.3, 0.4) is 0 Å². The van der Waals surface area contributed by atoms with Crippen molar-refractivity contribution in [1.82, 2.24) is 15.1 Å². The normalized spacial score (nSPS) is 21.4. The SMILES string of the molecule is Cc1nn(C2CCS(=O)(=O)C2)c(C)c1CNCCCO. The van der Waals surface area contributed by atoms with Crippen molar-refractivity contribution < 1.29 is 13.5 Å². The second-order valence-corrected chi connectivity index (χ2v) is 7.63. The molecule has 20 heavy (non-hydrogen) atoms. The van der Waals surface area contributed by atoms with Gasteiger partial charge in [-0.15, -0.1) is 0 Å². The van der Waals surface area contributed by atoms with E-state index in [-0.39, 0.29) is 24.2 Å². The summed E-state index contributed by atoms with van der Waals surface area (Å²) in [7, 11) is -2.89. The van der Waals surface area contributed by atoms with E-state index < -0.39 is 9.84 Å². The molecule has 0 saturated carbocycles. The predicted molar refractivity (Wildman–Crippen MR) is 77.4 cm³/mol. The highest BCUT2D eigenvalue weighted by molar-refractivity contribution is 7.91. The van der Waals surface area contributed by atoms with Gasteiger partial charge in [0.15, 0.2) is 9.84 Å². The molecule has 1 atom stereocenters. The zero-order chi connectivity index (χ0) is 14.8. The first-order valence-electron chi connectivity index (χ1n) is 7.01. The van der Waals surface area contributed by atoms with Gasteiger partial charge in [-0.2, -0.15) is 5.10 Å². The number of aromatic nitrogens is 2. The lowest BCUT2D eigenvalue weighted by molar-refractivity contribution is 0.286. The molecule has 1 aromatic rings. The Morgan fingerprint density at radius 1 is 1.45 bits per heavy atom. The average Bonchev–Trinajstić information content (AvgIpc) is 2.87. The van der Waals surface area contributed by atoms with Crippen LogP contribution >= 0.6 is 0 Å². The van der Waals surface area contributed by atoms with Crippen LogP contribution in [0.2, 0.25) is 0 Å². The molecule has 0 bridgehead atoms. The number of hydrogen-bond acceptors (Lipinski definition) is 5. The van der Waals surface area contributed by atoms with E-state index in [1.165, 1.54) is 0 Å². The summed E-state index contributed by atoms with van der Waals surface area (Å²) in [6.45, 7) is 5.60. The Bertz CT molecular complexity index is 566. The van der Waals surface area contributed by atoms with E-state index in [0.717, 1.165) is 29.9 Å². The molecule has 0 radical (unpaired) electrons. The fraction of sp³-hybridized carbons (Fsp3) is 0.769. The molecule has 1 unspecified atom stereocenters. The number of nitrogens with zero attached hydrogens (tertiary/aromatic N) is 2. The number of aryl methyl sites for hydroxylation is 1. The van der Waals surface area contributed by atoms with Crippen LogP contribution in [0.1, 0.15) is 35.8 Å². The molecule has 2 N–H and O–H groups in total. The molecule has 1 aliphatic rings. The predicted octanol–water partition coefficient (Wildman–Crippen LogP) is 0.332. The van der Waals surface area contributed by atoms with Gasteiger partial charge < -0.3 is 10.4 Å². The van der Waals surface area contributed by atoms with Crippen molar-refractivity contribution in [2.24, 2.45) is 0 Å². The van der Waals surface area contributed by atoms with Gasteiger partial charge in [0, 0.05) is 24.4 Å². The molecule has 0 aromatic carbocycles. The summed E-state index contributed by atoms with van der Waals surface area (Å²) < 4.78 is 25.0. The van der Waals surface area contributed by atoms with Gasteiger partial charge in [-0.1, -0.05) is 0 Å². The van der Waals surface area contributed by atoms with Crippen LogP contribution < -0.4 is 5.32 Å². The van der Waals surface area contributed by atoms with E-state index in [9.17, 15) is 8.42 Å². The smallest absolute Gasteiger partial charge is 0.152 e. The molecule has 114 valence electrons. The minimum Gasteiger partial charge on any atom is -0.396 e. The third kappa shape index (κ3) is 3.39. The summed E-state index contributed by atoms with van der Waals surface area (Å²) in [6, 6.07) is -0.0232. The van der Waals surface area contributed by atoms with Crippen LogP contribution in [0, 0.1) is 13.8 Å². The zero-order valence-electron chi connectivity index (χ0n) is 12.1. The molecule has 6 nitrogen and oxygen atoms in total. The maximum atomic E-state index is 11.6. The van der Waals surface area contributed by atoms with Crippen LogP contribution in [-0.2, 0) is 16.4 Å². The molecule has 1 aromatic heterocycles. The lowest BCUT2D eigenvalue weighted by Gasteiger charge is -2.11. The first kappa shape index (κ1) is 15.5. The van der Waals surface area contributed by atoms with Crippen molar-refractivity contribution >= 4 is 9.84 Å². The van der Waals surface area contributed by atoms with E-state index in [1.807, 2.05) is 18.5 Å². The van der Waals surface area contributed by atoms with Crippen molar-refractivity contribution in [1.29, 1.82) is 0 Å². The van der Waals surface area contributed by atoms with Crippen LogP contribution in [0.4, 0.5) is 0 Å². The number of aliphatic hydroxyl groups excluding tert-OH is 1. The quantitative estimate of drug-likeness (QED) is 0.740. The molecule has 2 heterocycles. The van der Waals surface area contributed by atoms with Crippen molar-refractivity contribution in [3.8, 4) is 0 Å². The minimum atomic E-state index is -2.89. The maximum absolute atomic E-state index is 11.6. The van der Waals surface area contributed by atoms with Gasteiger partial charge in [-0.3, -0.25) is 4.68 Å². The number of sulfone groups is 1. The van der Waals surface area contributed by atoms with Gasteiger partial charge in [0.25, 0.3) is 0 Å². The monoisotopic (exact) mass is 301 g/mol. The second-order valence-electron chi connectivity index (χ2n) is 5.40. The highest BCUT2D eigenvalue weighted by Gasteiger charge is 2.31. The van der Waals surface area contributed by atoms with Gasteiger partial charge in [-0.25, -0.2) is 8.42 Å². The van der Waals surface area contributed by atoms with Gasteiger partial charge >= 0.3 is 0 Å². The van der Waals surface area contributed by atoms with Crippen molar-refractivity contribution in [3.05, 3.63) is 17.0 Å². The molecule has 7 heteroatoms. The fourth-order valence-corrected chi connectivity index (χ4v) is 4.39. The van der Waals surface area contributed by atoms with Crippen LogP contribution in [0.15, 0.2) is 0 Å². The second kappa shape index (κ2) is 6.24. The Hall–Kier alpha value is -0.920. The Balaban J connectivity index is 2.09. The first-order valence-corrected chi connectivity index (χ1v) is 8.83. The Labute approximate surface area is 120 Å². The van der Waals surface area contributed by atoms with E-state index in [0.29, 0.717) is 13.0 Å². The summed E-state index contributed by atoms with van der Waals surface area (Å²) in [5.41, 5.74) is 3.12.